The predicted molar refractivity (Wildman–Crippen MR) is 106 cm³/mol. The molecule has 1 aromatic heterocycles. The van der Waals surface area contributed by atoms with E-state index >= 15 is 0 Å². The summed E-state index contributed by atoms with van der Waals surface area (Å²) in [5.74, 6) is -0.779. The van der Waals surface area contributed by atoms with Gasteiger partial charge in [0.1, 0.15) is 5.00 Å². The molecule has 3 rings (SSSR count). The maximum absolute atomic E-state index is 12.7. The second-order valence-electron chi connectivity index (χ2n) is 6.07. The summed E-state index contributed by atoms with van der Waals surface area (Å²) in [4.78, 5) is 26.4. The van der Waals surface area contributed by atoms with E-state index in [9.17, 15) is 9.59 Å². The number of benzene rings is 1. The molecular formula is C19H19Cl2NO3S. The van der Waals surface area contributed by atoms with Crippen molar-refractivity contribution in [3.05, 3.63) is 49.8 Å². The van der Waals surface area contributed by atoms with E-state index in [4.69, 9.17) is 27.9 Å². The van der Waals surface area contributed by atoms with Gasteiger partial charge >= 0.3 is 5.97 Å². The first-order valence-corrected chi connectivity index (χ1v) is 10.2. The normalized spacial score (nSPS) is 13.7. The van der Waals surface area contributed by atoms with Crippen molar-refractivity contribution in [2.45, 2.75) is 39.0 Å². The zero-order valence-electron chi connectivity index (χ0n) is 14.4. The molecule has 1 N–H and O–H groups in total. The largest absolute Gasteiger partial charge is 0.462 e. The van der Waals surface area contributed by atoms with Gasteiger partial charge in [-0.05, 0) is 56.4 Å². The monoisotopic (exact) mass is 411 g/mol. The molecule has 1 aliphatic carbocycles. The van der Waals surface area contributed by atoms with Crippen molar-refractivity contribution in [3.63, 3.8) is 0 Å². The number of ether oxygens (including phenoxy) is 1. The summed E-state index contributed by atoms with van der Waals surface area (Å²) in [6, 6.07) is 4.72. The minimum Gasteiger partial charge on any atom is -0.462 e. The average molecular weight is 412 g/mol. The van der Waals surface area contributed by atoms with E-state index < -0.39 is 0 Å². The van der Waals surface area contributed by atoms with E-state index in [1.165, 1.54) is 17.4 Å². The molecule has 0 unspecified atom stereocenters. The Hall–Kier alpha value is -1.56. The molecular weight excluding hydrogens is 393 g/mol. The van der Waals surface area contributed by atoms with Gasteiger partial charge in [-0.15, -0.1) is 11.3 Å². The van der Waals surface area contributed by atoms with Crippen molar-refractivity contribution in [1.29, 1.82) is 0 Å². The van der Waals surface area contributed by atoms with Gasteiger partial charge in [0.05, 0.1) is 22.8 Å². The van der Waals surface area contributed by atoms with Crippen LogP contribution in [-0.2, 0) is 17.6 Å². The molecule has 0 saturated heterocycles. The molecule has 26 heavy (non-hydrogen) atoms. The Bertz CT molecular complexity index is 848. The summed E-state index contributed by atoms with van der Waals surface area (Å²) in [5.41, 5.74) is 1.77. The van der Waals surface area contributed by atoms with Crippen LogP contribution in [0.3, 0.4) is 0 Å². The first kappa shape index (κ1) is 19.2. The highest BCUT2D eigenvalue weighted by atomic mass is 35.5. The fourth-order valence-electron chi connectivity index (χ4n) is 3.09. The van der Waals surface area contributed by atoms with Gasteiger partial charge in [0.25, 0.3) is 5.91 Å². The third-order valence-corrected chi connectivity index (χ3v) is 6.07. The van der Waals surface area contributed by atoms with E-state index in [1.54, 1.807) is 19.1 Å². The van der Waals surface area contributed by atoms with Crippen LogP contribution in [0.1, 0.15) is 57.3 Å². The molecule has 1 heterocycles. The second kappa shape index (κ2) is 8.42. The topological polar surface area (TPSA) is 55.4 Å². The molecule has 7 heteroatoms. The van der Waals surface area contributed by atoms with E-state index in [2.05, 4.69) is 5.32 Å². The van der Waals surface area contributed by atoms with Crippen molar-refractivity contribution in [2.24, 2.45) is 0 Å². The molecule has 2 aromatic rings. The van der Waals surface area contributed by atoms with Crippen molar-refractivity contribution < 1.29 is 14.3 Å². The highest BCUT2D eigenvalue weighted by molar-refractivity contribution is 7.17. The molecule has 1 amide bonds. The lowest BCUT2D eigenvalue weighted by molar-refractivity contribution is 0.0527. The van der Waals surface area contributed by atoms with Crippen molar-refractivity contribution >= 4 is 51.4 Å². The SMILES string of the molecule is CCOC(=O)c1c(NC(=O)c2cc(Cl)ccc2Cl)sc2c1CCCCC2. The summed E-state index contributed by atoms with van der Waals surface area (Å²) in [5, 5.41) is 4.10. The van der Waals surface area contributed by atoms with Gasteiger partial charge in [0.15, 0.2) is 0 Å². The Kier molecular flexibility index (Phi) is 6.22. The Labute approximate surface area is 166 Å². The van der Waals surface area contributed by atoms with Gasteiger partial charge in [-0.2, -0.15) is 0 Å². The molecule has 0 fully saturated rings. The summed E-state index contributed by atoms with van der Waals surface area (Å²) >= 11 is 13.6. The molecule has 0 atom stereocenters. The third-order valence-electron chi connectivity index (χ3n) is 4.30. The zero-order valence-corrected chi connectivity index (χ0v) is 16.7. The number of amides is 1. The highest BCUT2D eigenvalue weighted by Crippen LogP contribution is 2.38. The van der Waals surface area contributed by atoms with Crippen LogP contribution >= 0.6 is 34.5 Å². The van der Waals surface area contributed by atoms with Crippen LogP contribution in [0.2, 0.25) is 10.0 Å². The molecule has 0 bridgehead atoms. The second-order valence-corrected chi connectivity index (χ2v) is 8.02. The minimum absolute atomic E-state index is 0.276. The minimum atomic E-state index is -0.389. The van der Waals surface area contributed by atoms with Gasteiger partial charge in [-0.1, -0.05) is 29.6 Å². The van der Waals surface area contributed by atoms with Crippen LogP contribution in [0.5, 0.6) is 0 Å². The highest BCUT2D eigenvalue weighted by Gasteiger charge is 2.27. The number of halogens is 2. The Morgan fingerprint density at radius 3 is 2.73 bits per heavy atom. The number of esters is 1. The molecule has 0 saturated carbocycles. The number of nitrogens with one attached hydrogen (secondary N) is 1. The maximum Gasteiger partial charge on any atom is 0.341 e. The van der Waals surface area contributed by atoms with E-state index in [0.29, 0.717) is 20.6 Å². The van der Waals surface area contributed by atoms with Gasteiger partial charge in [-0.3, -0.25) is 4.79 Å². The van der Waals surface area contributed by atoms with Crippen LogP contribution < -0.4 is 5.32 Å². The van der Waals surface area contributed by atoms with Gasteiger partial charge in [0.2, 0.25) is 0 Å². The van der Waals surface area contributed by atoms with Crippen LogP contribution in [-0.4, -0.2) is 18.5 Å². The van der Waals surface area contributed by atoms with E-state index in [1.807, 2.05) is 0 Å². The number of rotatable bonds is 4. The molecule has 0 spiro atoms. The number of hydrogen-bond donors (Lipinski definition) is 1. The standard InChI is InChI=1S/C19H19Cl2NO3S/c1-2-25-19(24)16-12-6-4-3-5-7-15(12)26-18(16)22-17(23)13-10-11(20)8-9-14(13)21/h8-10H,2-7H2,1H3,(H,22,23). The molecule has 138 valence electrons. The van der Waals surface area contributed by atoms with Crippen LogP contribution in [0.15, 0.2) is 18.2 Å². The first-order valence-electron chi connectivity index (χ1n) is 8.59. The first-order chi connectivity index (χ1) is 12.5. The van der Waals surface area contributed by atoms with E-state index in [0.717, 1.165) is 42.5 Å². The van der Waals surface area contributed by atoms with Gasteiger partial charge in [0, 0.05) is 9.90 Å². The van der Waals surface area contributed by atoms with E-state index in [-0.39, 0.29) is 24.0 Å². The fraction of sp³-hybridized carbons (Fsp3) is 0.368. The van der Waals surface area contributed by atoms with Crippen LogP contribution in [0.25, 0.3) is 0 Å². The quantitative estimate of drug-likeness (QED) is 0.514. The predicted octanol–water partition coefficient (Wildman–Crippen LogP) is 5.75. The molecule has 4 nitrogen and oxygen atoms in total. The molecule has 0 aliphatic heterocycles. The van der Waals surface area contributed by atoms with Crippen LogP contribution in [0, 0.1) is 0 Å². The molecule has 0 radical (unpaired) electrons. The van der Waals surface area contributed by atoms with Crippen molar-refractivity contribution in [1.82, 2.24) is 0 Å². The number of aryl methyl sites for hydroxylation is 1. The van der Waals surface area contributed by atoms with Crippen molar-refractivity contribution in [3.8, 4) is 0 Å². The fourth-order valence-corrected chi connectivity index (χ4v) is 4.74. The lowest BCUT2D eigenvalue weighted by atomic mass is 10.1. The van der Waals surface area contributed by atoms with Gasteiger partial charge < -0.3 is 10.1 Å². The Morgan fingerprint density at radius 2 is 1.96 bits per heavy atom. The Morgan fingerprint density at radius 1 is 1.19 bits per heavy atom. The van der Waals surface area contributed by atoms with Crippen LogP contribution in [0.4, 0.5) is 5.00 Å². The third kappa shape index (κ3) is 4.05. The summed E-state index contributed by atoms with van der Waals surface area (Å²) in [6.45, 7) is 2.06. The number of hydrogen-bond acceptors (Lipinski definition) is 4. The number of fused-ring (bicyclic) bond motifs is 1. The number of carbonyl (C=O) groups excluding carboxylic acids is 2. The Balaban J connectivity index is 1.97. The maximum atomic E-state index is 12.7. The van der Waals surface area contributed by atoms with Crippen molar-refractivity contribution in [2.75, 3.05) is 11.9 Å². The zero-order chi connectivity index (χ0) is 18.7. The number of thiophene rings is 1. The van der Waals surface area contributed by atoms with Gasteiger partial charge in [-0.25, -0.2) is 4.79 Å². The summed E-state index contributed by atoms with van der Waals surface area (Å²) in [7, 11) is 0. The molecule has 1 aliphatic rings. The summed E-state index contributed by atoms with van der Waals surface area (Å²) in [6.07, 6.45) is 5.00. The lowest BCUT2D eigenvalue weighted by Crippen LogP contribution is -2.15. The summed E-state index contributed by atoms with van der Waals surface area (Å²) < 4.78 is 5.23. The smallest absolute Gasteiger partial charge is 0.341 e. The average Bonchev–Trinajstić information content (AvgIpc) is 2.78. The lowest BCUT2D eigenvalue weighted by Gasteiger charge is -2.09. The number of anilines is 1. The number of carbonyl (C=O) groups is 2. The molecule has 1 aromatic carbocycles.